The largest absolute Gasteiger partial charge is 0.462 e. The lowest BCUT2D eigenvalue weighted by atomic mass is 10.2. The van der Waals surface area contributed by atoms with Gasteiger partial charge < -0.3 is 15.2 Å². The summed E-state index contributed by atoms with van der Waals surface area (Å²) < 4.78 is 4.55. The molecule has 0 saturated carbocycles. The molecule has 0 aromatic rings. The molecule has 0 spiro atoms. The predicted octanol–water partition coefficient (Wildman–Crippen LogP) is 0.587. The number of carbonyl (C=O) groups excluding carboxylic acids is 1. The van der Waals surface area contributed by atoms with Gasteiger partial charge in [0.2, 0.25) is 0 Å². The zero-order chi connectivity index (χ0) is 12.6. The second kappa shape index (κ2) is 7.05. The first-order chi connectivity index (χ1) is 7.40. The van der Waals surface area contributed by atoms with Crippen molar-refractivity contribution in [3.63, 3.8) is 0 Å². The van der Waals surface area contributed by atoms with Crippen molar-refractivity contribution in [3.8, 4) is 0 Å². The highest BCUT2D eigenvalue weighted by atomic mass is 16.5. The van der Waals surface area contributed by atoms with E-state index in [-0.39, 0.29) is 11.6 Å². The van der Waals surface area contributed by atoms with Gasteiger partial charge in [0.25, 0.3) is 6.47 Å². The number of β-amino-alcohol motifs (C(OH)–C–C–N with tert-alkyl or cyclic N) is 1. The third kappa shape index (κ3) is 7.05. The van der Waals surface area contributed by atoms with Gasteiger partial charge in [-0.05, 0) is 26.3 Å². The van der Waals surface area contributed by atoms with Crippen LogP contribution in [0.1, 0.15) is 20.8 Å². The van der Waals surface area contributed by atoms with Gasteiger partial charge in [0.05, 0.1) is 12.1 Å². The molecular formula is C9H18N4O3. The fourth-order valence-corrected chi connectivity index (χ4v) is 0.980. The number of nitrogens with zero attached hydrogens (tertiary/aromatic N) is 3. The molecule has 2 atom stereocenters. The van der Waals surface area contributed by atoms with E-state index in [4.69, 9.17) is 10.6 Å². The van der Waals surface area contributed by atoms with Crippen LogP contribution in [0.5, 0.6) is 0 Å². The highest BCUT2D eigenvalue weighted by molar-refractivity contribution is 5.37. The van der Waals surface area contributed by atoms with Crippen LogP contribution in [0.4, 0.5) is 0 Å². The average Bonchev–Trinajstić information content (AvgIpc) is 2.52. The van der Waals surface area contributed by atoms with Crippen molar-refractivity contribution in [1.29, 1.82) is 0 Å². The number of hydrogen-bond donors (Lipinski definition) is 2. The number of rotatable bonds is 2. The van der Waals surface area contributed by atoms with Crippen LogP contribution < -0.4 is 5.32 Å². The molecular weight excluding hydrogens is 212 g/mol. The van der Waals surface area contributed by atoms with Gasteiger partial charge in [-0.15, -0.1) is 0 Å². The maximum atomic E-state index is 9.60. The summed E-state index contributed by atoms with van der Waals surface area (Å²) in [7, 11) is 0. The van der Waals surface area contributed by atoms with Gasteiger partial charge >= 0.3 is 0 Å². The van der Waals surface area contributed by atoms with E-state index in [1.807, 2.05) is 20.8 Å². The van der Waals surface area contributed by atoms with Crippen LogP contribution in [-0.2, 0) is 9.53 Å². The molecule has 1 heterocycles. The lowest BCUT2D eigenvalue weighted by Gasteiger charge is -2.14. The Kier molecular flexibility index (Phi) is 6.48. The number of ether oxygens (including phenoxy) is 1. The summed E-state index contributed by atoms with van der Waals surface area (Å²) in [5.74, 6) is 0. The molecule has 0 radical (unpaired) electrons. The number of aliphatic hydroxyl groups is 1. The second-order valence-corrected chi connectivity index (χ2v) is 4.32. The van der Waals surface area contributed by atoms with Gasteiger partial charge in [-0.1, -0.05) is 5.11 Å². The maximum absolute atomic E-state index is 9.60. The smallest absolute Gasteiger partial charge is 0.293 e. The molecule has 0 amide bonds. The Balaban J connectivity index is 0.000000293. The molecule has 92 valence electrons. The first kappa shape index (κ1) is 14.7. The maximum Gasteiger partial charge on any atom is 0.293 e. The summed E-state index contributed by atoms with van der Waals surface area (Å²) in [6.45, 7) is 7.04. The molecule has 0 bridgehead atoms. The zero-order valence-electron chi connectivity index (χ0n) is 9.75. The monoisotopic (exact) mass is 230 g/mol. The molecule has 7 nitrogen and oxygen atoms in total. The van der Waals surface area contributed by atoms with Crippen LogP contribution in [0.25, 0.3) is 10.4 Å². The Morgan fingerprint density at radius 3 is 2.44 bits per heavy atom. The number of carbonyl (C=O) groups is 1. The summed E-state index contributed by atoms with van der Waals surface area (Å²) in [4.78, 5) is 12.2. The first-order valence-corrected chi connectivity index (χ1v) is 4.95. The Labute approximate surface area is 94.4 Å². The van der Waals surface area contributed by atoms with Gasteiger partial charge in [-0.3, -0.25) is 4.79 Å². The summed E-state index contributed by atoms with van der Waals surface area (Å²) in [6.07, 6.45) is -0.499. The van der Waals surface area contributed by atoms with Gasteiger partial charge in [-0.25, -0.2) is 0 Å². The van der Waals surface area contributed by atoms with Crippen molar-refractivity contribution in [2.75, 3.05) is 13.1 Å². The summed E-state index contributed by atoms with van der Waals surface area (Å²) in [5, 5.41) is 15.3. The van der Waals surface area contributed by atoms with E-state index in [1.54, 1.807) is 0 Å². The van der Waals surface area contributed by atoms with Crippen LogP contribution in [0.3, 0.4) is 0 Å². The minimum Gasteiger partial charge on any atom is -0.462 e. The van der Waals surface area contributed by atoms with E-state index in [0.717, 1.165) is 0 Å². The lowest BCUT2D eigenvalue weighted by molar-refractivity contribution is -0.138. The quantitative estimate of drug-likeness (QED) is 0.313. The molecule has 1 fully saturated rings. The molecule has 0 aliphatic carbocycles. The minimum atomic E-state index is -0.499. The van der Waals surface area contributed by atoms with Crippen LogP contribution in [0.2, 0.25) is 0 Å². The second-order valence-electron chi connectivity index (χ2n) is 4.32. The van der Waals surface area contributed by atoms with Crippen LogP contribution >= 0.6 is 0 Å². The van der Waals surface area contributed by atoms with Crippen molar-refractivity contribution < 1.29 is 14.6 Å². The van der Waals surface area contributed by atoms with E-state index in [0.29, 0.717) is 19.6 Å². The SMILES string of the molecule is CC(C)(C)OC=O.[N-]=[N+]=N[C@@H]1CNC[C@H]1O. The highest BCUT2D eigenvalue weighted by Gasteiger charge is 2.22. The van der Waals surface area contributed by atoms with Crippen molar-refractivity contribution in [3.05, 3.63) is 10.4 Å². The number of nitrogens with one attached hydrogen (secondary N) is 1. The normalized spacial score (nSPS) is 23.8. The molecule has 7 heteroatoms. The van der Waals surface area contributed by atoms with E-state index in [1.165, 1.54) is 0 Å². The zero-order valence-corrected chi connectivity index (χ0v) is 9.75. The molecule has 16 heavy (non-hydrogen) atoms. The Morgan fingerprint density at radius 1 is 1.56 bits per heavy atom. The van der Waals surface area contributed by atoms with E-state index in [2.05, 4.69) is 20.1 Å². The van der Waals surface area contributed by atoms with Crippen molar-refractivity contribution in [1.82, 2.24) is 5.32 Å². The topological polar surface area (TPSA) is 107 Å². The van der Waals surface area contributed by atoms with Gasteiger partial charge in [-0.2, -0.15) is 0 Å². The van der Waals surface area contributed by atoms with Gasteiger partial charge in [0.15, 0.2) is 0 Å². The Hall–Kier alpha value is -1.30. The van der Waals surface area contributed by atoms with E-state index >= 15 is 0 Å². The molecule has 1 aliphatic heterocycles. The van der Waals surface area contributed by atoms with Gasteiger partial charge in [0, 0.05) is 18.0 Å². The number of hydrogen-bond acceptors (Lipinski definition) is 5. The van der Waals surface area contributed by atoms with Crippen molar-refractivity contribution in [2.45, 2.75) is 38.5 Å². The molecule has 0 aromatic carbocycles. The first-order valence-electron chi connectivity index (χ1n) is 4.95. The highest BCUT2D eigenvalue weighted by Crippen LogP contribution is 2.03. The average molecular weight is 230 g/mol. The van der Waals surface area contributed by atoms with Crippen LogP contribution in [0, 0.1) is 0 Å². The molecule has 1 aliphatic rings. The fourth-order valence-electron chi connectivity index (χ4n) is 0.980. The third-order valence-corrected chi connectivity index (χ3v) is 1.75. The molecule has 1 saturated heterocycles. The van der Waals surface area contributed by atoms with Gasteiger partial charge in [0.1, 0.15) is 5.60 Å². The minimum absolute atomic E-state index is 0.269. The van der Waals surface area contributed by atoms with Crippen LogP contribution in [-0.4, -0.2) is 42.4 Å². The number of azide groups is 1. The molecule has 2 N–H and O–H groups in total. The summed E-state index contributed by atoms with van der Waals surface area (Å²) in [5.41, 5.74) is 7.65. The van der Waals surface area contributed by atoms with Crippen molar-refractivity contribution >= 4 is 6.47 Å². The Bertz CT molecular complexity index is 258. The van der Waals surface area contributed by atoms with E-state index in [9.17, 15) is 4.79 Å². The van der Waals surface area contributed by atoms with Crippen molar-refractivity contribution in [2.24, 2.45) is 5.11 Å². The Morgan fingerprint density at radius 2 is 2.19 bits per heavy atom. The standard InChI is InChI=1S/C5H10O2.C4H8N4O/c1-5(2,3)7-4-6;5-8-7-3-1-6-2-4(3)9/h4H,1-3H3;3-4,6,9H,1-2H2/t;3-,4-/m.1/s1. The fraction of sp³-hybridized carbons (Fsp3) is 0.889. The predicted molar refractivity (Wildman–Crippen MR) is 58.7 cm³/mol. The summed E-state index contributed by atoms with van der Waals surface area (Å²) in [6, 6.07) is -0.269. The van der Waals surface area contributed by atoms with Crippen LogP contribution in [0.15, 0.2) is 5.11 Å². The number of aliphatic hydroxyl groups excluding tert-OH is 1. The van der Waals surface area contributed by atoms with E-state index < -0.39 is 6.10 Å². The molecule has 0 aromatic heterocycles. The molecule has 1 rings (SSSR count). The third-order valence-electron chi connectivity index (χ3n) is 1.75. The molecule has 0 unspecified atom stereocenters. The summed E-state index contributed by atoms with van der Waals surface area (Å²) >= 11 is 0. The lowest BCUT2D eigenvalue weighted by Crippen LogP contribution is -2.20.